The van der Waals surface area contributed by atoms with Crippen LogP contribution >= 0.6 is 0 Å². The molecular formula is C12H14N4O2. The number of hydrogen-bond donors (Lipinski definition) is 2. The number of rotatable bonds is 4. The van der Waals surface area contributed by atoms with Gasteiger partial charge in [-0.05, 0) is 18.6 Å². The minimum Gasteiger partial charge on any atom is -0.489 e. The van der Waals surface area contributed by atoms with Gasteiger partial charge in [-0.1, -0.05) is 6.07 Å². The number of H-pyrrole nitrogens is 1. The van der Waals surface area contributed by atoms with Gasteiger partial charge in [-0.15, -0.1) is 0 Å². The normalized spacial score (nSPS) is 10.1. The molecule has 2 N–H and O–H groups in total. The highest BCUT2D eigenvalue weighted by molar-refractivity contribution is 5.48. The van der Waals surface area contributed by atoms with E-state index in [-0.39, 0.29) is 11.3 Å². The van der Waals surface area contributed by atoms with Crippen LogP contribution < -0.4 is 15.6 Å². The van der Waals surface area contributed by atoms with Crippen LogP contribution in [0.5, 0.6) is 5.75 Å². The summed E-state index contributed by atoms with van der Waals surface area (Å²) in [4.78, 5) is 22.2. The summed E-state index contributed by atoms with van der Waals surface area (Å²) < 4.78 is 5.01. The number of nitrogens with one attached hydrogen (secondary N) is 2. The Bertz CT molecular complexity index is 595. The van der Waals surface area contributed by atoms with E-state index in [1.54, 1.807) is 6.20 Å². The number of aromatic nitrogens is 3. The summed E-state index contributed by atoms with van der Waals surface area (Å²) in [5, 5.41) is 3.04. The topological polar surface area (TPSA) is 79.9 Å². The average molecular weight is 246 g/mol. The molecule has 2 aromatic rings. The van der Waals surface area contributed by atoms with Crippen LogP contribution in [0.4, 0.5) is 5.82 Å². The molecule has 0 spiro atoms. The van der Waals surface area contributed by atoms with Crippen LogP contribution in [0.2, 0.25) is 0 Å². The summed E-state index contributed by atoms with van der Waals surface area (Å²) in [6.45, 7) is 2.46. The fourth-order valence-corrected chi connectivity index (χ4v) is 1.57. The predicted octanol–water partition coefficient (Wildman–Crippen LogP) is 1.09. The zero-order valence-corrected chi connectivity index (χ0v) is 10.2. The van der Waals surface area contributed by atoms with E-state index < -0.39 is 0 Å². The van der Waals surface area contributed by atoms with Crippen LogP contribution in [-0.4, -0.2) is 22.1 Å². The van der Waals surface area contributed by atoms with Gasteiger partial charge < -0.3 is 15.0 Å². The SMILES string of the molecule is COc1c(NCc2ncccc2C)nc[nH]c1=O. The van der Waals surface area contributed by atoms with Gasteiger partial charge in [-0.25, -0.2) is 4.98 Å². The summed E-state index contributed by atoms with van der Waals surface area (Å²) >= 11 is 0. The molecule has 6 heteroatoms. The lowest BCUT2D eigenvalue weighted by molar-refractivity contribution is 0.408. The molecule has 2 heterocycles. The first kappa shape index (κ1) is 12.1. The van der Waals surface area contributed by atoms with Gasteiger partial charge in [0.1, 0.15) is 0 Å². The molecule has 0 saturated carbocycles. The quantitative estimate of drug-likeness (QED) is 0.844. The van der Waals surface area contributed by atoms with E-state index in [0.717, 1.165) is 11.3 Å². The van der Waals surface area contributed by atoms with Crippen LogP contribution in [-0.2, 0) is 6.54 Å². The van der Waals surface area contributed by atoms with E-state index >= 15 is 0 Å². The Hall–Kier alpha value is -2.37. The predicted molar refractivity (Wildman–Crippen MR) is 67.7 cm³/mol. The number of aryl methyl sites for hydroxylation is 1. The van der Waals surface area contributed by atoms with Crippen molar-refractivity contribution >= 4 is 5.82 Å². The Kier molecular flexibility index (Phi) is 3.57. The van der Waals surface area contributed by atoms with E-state index in [2.05, 4.69) is 20.3 Å². The molecule has 0 aliphatic carbocycles. The van der Waals surface area contributed by atoms with E-state index in [0.29, 0.717) is 12.4 Å². The van der Waals surface area contributed by atoms with Gasteiger partial charge in [0.2, 0.25) is 5.75 Å². The Morgan fingerprint density at radius 3 is 3.00 bits per heavy atom. The molecule has 0 unspecified atom stereocenters. The summed E-state index contributed by atoms with van der Waals surface area (Å²) in [5.74, 6) is 0.581. The second-order valence-electron chi connectivity index (χ2n) is 3.73. The fraction of sp³-hybridized carbons (Fsp3) is 0.250. The lowest BCUT2D eigenvalue weighted by Gasteiger charge is -2.09. The van der Waals surface area contributed by atoms with E-state index in [9.17, 15) is 4.79 Å². The number of nitrogens with zero attached hydrogens (tertiary/aromatic N) is 2. The van der Waals surface area contributed by atoms with Crippen molar-refractivity contribution in [2.24, 2.45) is 0 Å². The van der Waals surface area contributed by atoms with Crippen LogP contribution in [0.25, 0.3) is 0 Å². The first-order valence-electron chi connectivity index (χ1n) is 5.48. The first-order chi connectivity index (χ1) is 8.72. The number of anilines is 1. The van der Waals surface area contributed by atoms with Crippen molar-refractivity contribution in [2.75, 3.05) is 12.4 Å². The Morgan fingerprint density at radius 1 is 1.44 bits per heavy atom. The molecule has 0 aliphatic rings. The van der Waals surface area contributed by atoms with E-state index in [1.165, 1.54) is 13.4 Å². The summed E-state index contributed by atoms with van der Waals surface area (Å²) in [5.41, 5.74) is 1.67. The maximum Gasteiger partial charge on any atom is 0.295 e. The number of aromatic amines is 1. The maximum absolute atomic E-state index is 11.5. The third-order valence-corrected chi connectivity index (χ3v) is 2.56. The Balaban J connectivity index is 2.19. The smallest absolute Gasteiger partial charge is 0.295 e. The number of ether oxygens (including phenoxy) is 1. The second kappa shape index (κ2) is 5.31. The molecule has 0 aromatic carbocycles. The van der Waals surface area contributed by atoms with Gasteiger partial charge in [0, 0.05) is 6.20 Å². The monoisotopic (exact) mass is 246 g/mol. The van der Waals surface area contributed by atoms with Crippen molar-refractivity contribution < 1.29 is 4.74 Å². The van der Waals surface area contributed by atoms with E-state index in [4.69, 9.17) is 4.74 Å². The first-order valence-corrected chi connectivity index (χ1v) is 5.48. The molecule has 0 aliphatic heterocycles. The van der Waals surface area contributed by atoms with Gasteiger partial charge in [0.25, 0.3) is 5.56 Å². The molecule has 0 fully saturated rings. The Labute approximate surface area is 104 Å². The minimum atomic E-state index is -0.312. The van der Waals surface area contributed by atoms with Crippen LogP contribution in [0.1, 0.15) is 11.3 Å². The standard InChI is InChI=1S/C12H14N4O2/c1-8-4-3-5-13-9(8)6-14-11-10(18-2)12(17)16-7-15-11/h3-5,7H,6H2,1-2H3,(H2,14,15,16,17). The number of hydrogen-bond acceptors (Lipinski definition) is 5. The van der Waals surface area contributed by atoms with Crippen molar-refractivity contribution in [1.82, 2.24) is 15.0 Å². The molecule has 0 atom stereocenters. The highest BCUT2D eigenvalue weighted by Gasteiger charge is 2.08. The highest BCUT2D eigenvalue weighted by atomic mass is 16.5. The maximum atomic E-state index is 11.5. The molecule has 0 bridgehead atoms. The minimum absolute atomic E-state index is 0.172. The van der Waals surface area contributed by atoms with Crippen LogP contribution in [0, 0.1) is 6.92 Å². The molecule has 2 rings (SSSR count). The lowest BCUT2D eigenvalue weighted by Crippen LogP contribution is -2.14. The molecule has 0 amide bonds. The average Bonchev–Trinajstić information content (AvgIpc) is 2.38. The van der Waals surface area contributed by atoms with Crippen molar-refractivity contribution in [3.05, 3.63) is 46.3 Å². The largest absolute Gasteiger partial charge is 0.489 e. The van der Waals surface area contributed by atoms with Gasteiger partial charge in [0.15, 0.2) is 5.82 Å². The number of pyridine rings is 1. The Morgan fingerprint density at radius 2 is 2.28 bits per heavy atom. The van der Waals surface area contributed by atoms with Crippen molar-refractivity contribution in [2.45, 2.75) is 13.5 Å². The van der Waals surface area contributed by atoms with Gasteiger partial charge in [0.05, 0.1) is 25.7 Å². The molecule has 6 nitrogen and oxygen atoms in total. The molecule has 94 valence electrons. The second-order valence-corrected chi connectivity index (χ2v) is 3.73. The molecule has 18 heavy (non-hydrogen) atoms. The van der Waals surface area contributed by atoms with Gasteiger partial charge in [-0.2, -0.15) is 0 Å². The van der Waals surface area contributed by atoms with Crippen molar-refractivity contribution in [3.8, 4) is 5.75 Å². The van der Waals surface area contributed by atoms with Gasteiger partial charge >= 0.3 is 0 Å². The molecule has 2 aromatic heterocycles. The summed E-state index contributed by atoms with van der Waals surface area (Å²) in [6, 6.07) is 3.86. The zero-order valence-electron chi connectivity index (χ0n) is 10.2. The molecule has 0 saturated heterocycles. The van der Waals surface area contributed by atoms with Crippen molar-refractivity contribution in [3.63, 3.8) is 0 Å². The number of methoxy groups -OCH3 is 1. The zero-order chi connectivity index (χ0) is 13.0. The third-order valence-electron chi connectivity index (χ3n) is 2.56. The van der Waals surface area contributed by atoms with Crippen LogP contribution in [0.15, 0.2) is 29.5 Å². The fourth-order valence-electron chi connectivity index (χ4n) is 1.57. The van der Waals surface area contributed by atoms with Crippen molar-refractivity contribution in [1.29, 1.82) is 0 Å². The van der Waals surface area contributed by atoms with E-state index in [1.807, 2.05) is 19.1 Å². The summed E-state index contributed by atoms with van der Waals surface area (Å²) in [7, 11) is 1.43. The third kappa shape index (κ3) is 2.48. The molecule has 0 radical (unpaired) electrons. The highest BCUT2D eigenvalue weighted by Crippen LogP contribution is 2.15. The summed E-state index contributed by atoms with van der Waals surface area (Å²) in [6.07, 6.45) is 3.06. The lowest BCUT2D eigenvalue weighted by atomic mass is 10.2. The molecular weight excluding hydrogens is 232 g/mol. The van der Waals surface area contributed by atoms with Crippen LogP contribution in [0.3, 0.4) is 0 Å². The van der Waals surface area contributed by atoms with Gasteiger partial charge in [-0.3, -0.25) is 9.78 Å².